The van der Waals surface area contributed by atoms with E-state index in [-0.39, 0.29) is 5.70 Å². The maximum absolute atomic E-state index is 13.0. The van der Waals surface area contributed by atoms with E-state index in [0.29, 0.717) is 27.3 Å². The van der Waals surface area contributed by atoms with Crippen molar-refractivity contribution in [1.82, 2.24) is 9.88 Å². The maximum atomic E-state index is 13.0. The number of halogens is 3. The van der Waals surface area contributed by atoms with Crippen molar-refractivity contribution < 1.29 is 9.59 Å². The van der Waals surface area contributed by atoms with E-state index in [0.717, 1.165) is 26.9 Å². The van der Waals surface area contributed by atoms with Crippen molar-refractivity contribution in [1.29, 1.82) is 0 Å². The Bertz CT molecular complexity index is 1460. The Morgan fingerprint density at radius 1 is 0.879 bits per heavy atom. The van der Waals surface area contributed by atoms with Gasteiger partial charge in [0.05, 0.1) is 5.69 Å². The van der Waals surface area contributed by atoms with Crippen LogP contribution in [0.1, 0.15) is 11.1 Å². The predicted octanol–water partition coefficient (Wildman–Crippen LogP) is 6.75. The van der Waals surface area contributed by atoms with Gasteiger partial charge in [-0.05, 0) is 48.0 Å². The summed E-state index contributed by atoms with van der Waals surface area (Å²) in [6, 6.07) is 19.3. The Labute approximate surface area is 204 Å². The third kappa shape index (κ3) is 4.11. The standard InChI is InChI=1S/C25H16Cl3N3O2/c26-17-4-3-5-19(11-17)31-24(32)22(29-25(31)33)10-16-14-30(23-7-2-1-6-20(16)23)13-15-8-9-18(27)12-21(15)28/h1-12,14H,13H2,(H,29,33)/b22-10+. The first-order chi connectivity index (χ1) is 15.9. The fourth-order valence-electron chi connectivity index (χ4n) is 3.89. The van der Waals surface area contributed by atoms with Crippen molar-refractivity contribution in [2.24, 2.45) is 0 Å². The molecule has 33 heavy (non-hydrogen) atoms. The van der Waals surface area contributed by atoms with Gasteiger partial charge in [0.15, 0.2) is 0 Å². The van der Waals surface area contributed by atoms with Crippen LogP contribution >= 0.6 is 34.8 Å². The minimum Gasteiger partial charge on any atom is -0.342 e. The van der Waals surface area contributed by atoms with Crippen molar-refractivity contribution in [3.8, 4) is 0 Å². The molecule has 3 amide bonds. The number of amides is 3. The molecule has 1 N–H and O–H groups in total. The lowest BCUT2D eigenvalue weighted by Crippen LogP contribution is -2.30. The van der Waals surface area contributed by atoms with E-state index >= 15 is 0 Å². The van der Waals surface area contributed by atoms with Crippen LogP contribution in [0.3, 0.4) is 0 Å². The summed E-state index contributed by atoms with van der Waals surface area (Å²) in [5.41, 5.74) is 3.28. The smallest absolute Gasteiger partial charge is 0.333 e. The molecule has 0 aliphatic carbocycles. The van der Waals surface area contributed by atoms with E-state index < -0.39 is 11.9 Å². The monoisotopic (exact) mass is 495 g/mol. The average molecular weight is 497 g/mol. The molecule has 1 fully saturated rings. The van der Waals surface area contributed by atoms with Crippen molar-refractivity contribution in [3.05, 3.63) is 105 Å². The largest absolute Gasteiger partial charge is 0.342 e. The highest BCUT2D eigenvalue weighted by Gasteiger charge is 2.35. The van der Waals surface area contributed by atoms with Gasteiger partial charge in [0.2, 0.25) is 0 Å². The molecule has 0 spiro atoms. The number of carbonyl (C=O) groups excluding carboxylic acids is 2. The summed E-state index contributed by atoms with van der Waals surface area (Å²) in [4.78, 5) is 26.7. The molecular weight excluding hydrogens is 481 g/mol. The first-order valence-electron chi connectivity index (χ1n) is 10.1. The third-order valence-corrected chi connectivity index (χ3v) is 6.24. The average Bonchev–Trinajstić information content (AvgIpc) is 3.27. The molecular formula is C25H16Cl3N3O2. The van der Waals surface area contributed by atoms with Gasteiger partial charge in [0, 0.05) is 44.3 Å². The molecule has 1 saturated heterocycles. The summed E-state index contributed by atoms with van der Waals surface area (Å²) in [5.74, 6) is -0.445. The molecule has 8 heteroatoms. The highest BCUT2D eigenvalue weighted by Crippen LogP contribution is 2.29. The third-order valence-electron chi connectivity index (χ3n) is 5.42. The fraction of sp³-hybridized carbons (Fsp3) is 0.0400. The minimum absolute atomic E-state index is 0.187. The van der Waals surface area contributed by atoms with E-state index in [1.165, 1.54) is 0 Å². The van der Waals surface area contributed by atoms with Crippen molar-refractivity contribution in [3.63, 3.8) is 0 Å². The van der Waals surface area contributed by atoms with Crippen LogP contribution in [0.25, 0.3) is 17.0 Å². The number of benzene rings is 3. The molecule has 1 aliphatic heterocycles. The fourth-order valence-corrected chi connectivity index (χ4v) is 4.55. The molecule has 4 aromatic rings. The topological polar surface area (TPSA) is 54.3 Å². The Balaban J connectivity index is 1.53. The number of hydrogen-bond donors (Lipinski definition) is 1. The highest BCUT2D eigenvalue weighted by atomic mass is 35.5. The zero-order chi connectivity index (χ0) is 23.1. The van der Waals surface area contributed by atoms with Gasteiger partial charge in [-0.2, -0.15) is 0 Å². The summed E-state index contributed by atoms with van der Waals surface area (Å²) in [5, 5.41) is 5.21. The van der Waals surface area contributed by atoms with Crippen molar-refractivity contribution >= 4 is 69.4 Å². The van der Waals surface area contributed by atoms with Gasteiger partial charge >= 0.3 is 6.03 Å². The van der Waals surface area contributed by atoms with Crippen molar-refractivity contribution in [2.75, 3.05) is 4.90 Å². The number of aromatic nitrogens is 1. The Kier molecular flexibility index (Phi) is 5.62. The first kappa shape index (κ1) is 21.6. The number of urea groups is 1. The maximum Gasteiger partial charge on any atom is 0.333 e. The van der Waals surface area contributed by atoms with Gasteiger partial charge in [-0.15, -0.1) is 0 Å². The van der Waals surface area contributed by atoms with E-state index in [1.54, 1.807) is 42.5 Å². The summed E-state index contributed by atoms with van der Waals surface area (Å²) < 4.78 is 2.05. The predicted molar refractivity (Wildman–Crippen MR) is 133 cm³/mol. The number of nitrogens with one attached hydrogen (secondary N) is 1. The zero-order valence-corrected chi connectivity index (χ0v) is 19.3. The van der Waals surface area contributed by atoms with Crippen LogP contribution in [-0.4, -0.2) is 16.5 Å². The molecule has 0 bridgehead atoms. The minimum atomic E-state index is -0.523. The SMILES string of the molecule is O=C1N/C(=C/c2cn(Cc3ccc(Cl)cc3Cl)c3ccccc23)C(=O)N1c1cccc(Cl)c1. The molecule has 1 aliphatic rings. The van der Waals surface area contributed by atoms with Gasteiger partial charge in [-0.3, -0.25) is 4.79 Å². The summed E-state index contributed by atoms with van der Waals surface area (Å²) in [6.45, 7) is 0.522. The summed E-state index contributed by atoms with van der Waals surface area (Å²) in [7, 11) is 0. The molecule has 0 unspecified atom stereocenters. The van der Waals surface area contributed by atoms with Crippen LogP contribution < -0.4 is 10.2 Å². The molecule has 5 rings (SSSR count). The van der Waals surface area contributed by atoms with E-state index in [2.05, 4.69) is 5.32 Å². The number of rotatable bonds is 4. The van der Waals surface area contributed by atoms with E-state index in [4.69, 9.17) is 34.8 Å². The lowest BCUT2D eigenvalue weighted by molar-refractivity contribution is -0.113. The number of anilines is 1. The lowest BCUT2D eigenvalue weighted by Gasteiger charge is -2.11. The summed E-state index contributed by atoms with van der Waals surface area (Å²) >= 11 is 18.4. The quantitative estimate of drug-likeness (QED) is 0.251. The van der Waals surface area contributed by atoms with Gasteiger partial charge in [0.1, 0.15) is 5.70 Å². The van der Waals surface area contributed by atoms with Crippen LogP contribution in [0, 0.1) is 0 Å². The number of nitrogens with zero attached hydrogens (tertiary/aromatic N) is 2. The van der Waals surface area contributed by atoms with Gasteiger partial charge in [0.25, 0.3) is 5.91 Å². The molecule has 0 saturated carbocycles. The Hall–Kier alpha value is -3.25. The second kappa shape index (κ2) is 8.60. The molecule has 0 atom stereocenters. The highest BCUT2D eigenvalue weighted by molar-refractivity contribution is 6.35. The van der Waals surface area contributed by atoms with Crippen LogP contribution in [0.2, 0.25) is 15.1 Å². The lowest BCUT2D eigenvalue weighted by atomic mass is 10.1. The van der Waals surface area contributed by atoms with Crippen LogP contribution in [-0.2, 0) is 11.3 Å². The van der Waals surface area contributed by atoms with Crippen LogP contribution in [0.15, 0.2) is 78.6 Å². The number of para-hydroxylation sites is 1. The second-order valence-electron chi connectivity index (χ2n) is 7.57. The van der Waals surface area contributed by atoms with E-state index in [9.17, 15) is 9.59 Å². The zero-order valence-electron chi connectivity index (χ0n) is 17.1. The molecule has 3 aromatic carbocycles. The molecule has 164 valence electrons. The van der Waals surface area contributed by atoms with Crippen LogP contribution in [0.4, 0.5) is 10.5 Å². The van der Waals surface area contributed by atoms with Crippen molar-refractivity contribution in [2.45, 2.75) is 6.54 Å². The van der Waals surface area contributed by atoms with Gasteiger partial charge < -0.3 is 9.88 Å². The normalized spacial score (nSPS) is 15.0. The number of hydrogen-bond acceptors (Lipinski definition) is 2. The van der Waals surface area contributed by atoms with Crippen LogP contribution in [0.5, 0.6) is 0 Å². The van der Waals surface area contributed by atoms with Gasteiger partial charge in [-0.25, -0.2) is 9.69 Å². The molecule has 1 aromatic heterocycles. The number of carbonyl (C=O) groups is 2. The molecule has 2 heterocycles. The Morgan fingerprint density at radius 2 is 1.67 bits per heavy atom. The van der Waals surface area contributed by atoms with E-state index in [1.807, 2.05) is 41.1 Å². The number of imide groups is 1. The first-order valence-corrected chi connectivity index (χ1v) is 11.2. The summed E-state index contributed by atoms with van der Waals surface area (Å²) in [6.07, 6.45) is 3.62. The number of fused-ring (bicyclic) bond motifs is 1. The van der Waals surface area contributed by atoms with Gasteiger partial charge in [-0.1, -0.05) is 65.1 Å². The Morgan fingerprint density at radius 3 is 2.45 bits per heavy atom. The molecule has 5 nitrogen and oxygen atoms in total. The second-order valence-corrected chi connectivity index (χ2v) is 8.85. The molecule has 0 radical (unpaired) electrons.